The number of aromatic nitrogens is 1. The maximum absolute atomic E-state index is 12.4. The lowest BCUT2D eigenvalue weighted by molar-refractivity contribution is -0.133. The van der Waals surface area contributed by atoms with Gasteiger partial charge < -0.3 is 15.5 Å². The number of hydrogen-bond donors (Lipinski definition) is 2. The Morgan fingerprint density at radius 1 is 1.11 bits per heavy atom. The number of nitrogens with zero attached hydrogens (tertiary/aromatic N) is 2. The smallest absolute Gasteiger partial charge is 0.251 e. The van der Waals surface area contributed by atoms with Gasteiger partial charge in [0.1, 0.15) is 0 Å². The SMILES string of the molecule is O=C(NCC(=O)N1CCC[C@@H](C(=O)Nc2cccnc2)C1)c1ccccc1. The van der Waals surface area contributed by atoms with E-state index in [1.54, 1.807) is 53.7 Å². The average Bonchev–Trinajstić information content (AvgIpc) is 2.73. The zero-order chi connectivity index (χ0) is 19.1. The van der Waals surface area contributed by atoms with Crippen LogP contribution in [0.1, 0.15) is 23.2 Å². The van der Waals surface area contributed by atoms with Crippen molar-refractivity contribution in [2.75, 3.05) is 25.0 Å². The van der Waals surface area contributed by atoms with E-state index < -0.39 is 0 Å². The van der Waals surface area contributed by atoms with Crippen molar-refractivity contribution < 1.29 is 14.4 Å². The molecular weight excluding hydrogens is 344 g/mol. The second kappa shape index (κ2) is 8.93. The average molecular weight is 366 g/mol. The molecule has 1 saturated heterocycles. The van der Waals surface area contributed by atoms with Gasteiger partial charge in [0, 0.05) is 24.8 Å². The van der Waals surface area contributed by atoms with Crippen molar-refractivity contribution in [2.24, 2.45) is 5.92 Å². The van der Waals surface area contributed by atoms with Crippen LogP contribution in [-0.4, -0.2) is 47.2 Å². The van der Waals surface area contributed by atoms with Crippen molar-refractivity contribution in [3.8, 4) is 0 Å². The fourth-order valence-electron chi connectivity index (χ4n) is 3.06. The second-order valence-electron chi connectivity index (χ2n) is 6.46. The summed E-state index contributed by atoms with van der Waals surface area (Å²) >= 11 is 0. The van der Waals surface area contributed by atoms with Gasteiger partial charge in [0.15, 0.2) is 0 Å². The molecule has 0 spiro atoms. The number of nitrogens with one attached hydrogen (secondary N) is 2. The number of amides is 3. The third-order valence-corrected chi connectivity index (χ3v) is 4.51. The normalized spacial score (nSPS) is 16.4. The molecule has 0 saturated carbocycles. The van der Waals surface area contributed by atoms with Crippen LogP contribution < -0.4 is 10.6 Å². The van der Waals surface area contributed by atoms with E-state index in [2.05, 4.69) is 15.6 Å². The van der Waals surface area contributed by atoms with Gasteiger partial charge in [-0.15, -0.1) is 0 Å². The number of anilines is 1. The summed E-state index contributed by atoms with van der Waals surface area (Å²) in [6, 6.07) is 12.3. The lowest BCUT2D eigenvalue weighted by Gasteiger charge is -2.32. The van der Waals surface area contributed by atoms with Gasteiger partial charge in [-0.3, -0.25) is 19.4 Å². The Kier molecular flexibility index (Phi) is 6.14. The molecule has 1 fully saturated rings. The molecule has 2 aromatic rings. The van der Waals surface area contributed by atoms with Crippen LogP contribution in [0.3, 0.4) is 0 Å². The predicted octanol–water partition coefficient (Wildman–Crippen LogP) is 1.69. The number of pyridine rings is 1. The molecule has 1 aromatic carbocycles. The molecule has 2 N–H and O–H groups in total. The summed E-state index contributed by atoms with van der Waals surface area (Å²) < 4.78 is 0. The summed E-state index contributed by atoms with van der Waals surface area (Å²) in [5.41, 5.74) is 1.15. The fraction of sp³-hybridized carbons (Fsp3) is 0.300. The Bertz CT molecular complexity index is 795. The number of benzene rings is 1. The first kappa shape index (κ1) is 18.6. The highest BCUT2D eigenvalue weighted by Gasteiger charge is 2.28. The van der Waals surface area contributed by atoms with E-state index in [1.165, 1.54) is 0 Å². The van der Waals surface area contributed by atoms with Crippen molar-refractivity contribution in [1.82, 2.24) is 15.2 Å². The van der Waals surface area contributed by atoms with Crippen LogP contribution in [0, 0.1) is 5.92 Å². The lowest BCUT2D eigenvalue weighted by Crippen LogP contribution is -2.47. The van der Waals surface area contributed by atoms with Gasteiger partial charge in [-0.1, -0.05) is 18.2 Å². The monoisotopic (exact) mass is 366 g/mol. The molecule has 0 unspecified atom stereocenters. The summed E-state index contributed by atoms with van der Waals surface area (Å²) in [6.45, 7) is 0.869. The number of rotatable bonds is 5. The number of carbonyl (C=O) groups is 3. The first-order chi connectivity index (χ1) is 13.1. The Morgan fingerprint density at radius 2 is 1.93 bits per heavy atom. The van der Waals surface area contributed by atoms with Gasteiger partial charge in [-0.2, -0.15) is 0 Å². The largest absolute Gasteiger partial charge is 0.343 e. The maximum Gasteiger partial charge on any atom is 0.251 e. The highest BCUT2D eigenvalue weighted by Crippen LogP contribution is 2.18. The van der Waals surface area contributed by atoms with Crippen molar-refractivity contribution in [2.45, 2.75) is 12.8 Å². The van der Waals surface area contributed by atoms with Gasteiger partial charge in [0.25, 0.3) is 5.91 Å². The minimum Gasteiger partial charge on any atom is -0.343 e. The highest BCUT2D eigenvalue weighted by molar-refractivity contribution is 5.96. The molecule has 0 aliphatic carbocycles. The summed E-state index contributed by atoms with van der Waals surface area (Å²) in [6.07, 6.45) is 4.71. The van der Waals surface area contributed by atoms with E-state index in [1.807, 2.05) is 6.07 Å². The highest BCUT2D eigenvalue weighted by atomic mass is 16.2. The molecule has 3 rings (SSSR count). The molecule has 7 nitrogen and oxygen atoms in total. The van der Waals surface area contributed by atoms with Crippen LogP contribution in [0.25, 0.3) is 0 Å². The van der Waals surface area contributed by atoms with Crippen molar-refractivity contribution in [3.63, 3.8) is 0 Å². The van der Waals surface area contributed by atoms with Crippen LogP contribution >= 0.6 is 0 Å². The fourth-order valence-corrected chi connectivity index (χ4v) is 3.06. The minimum absolute atomic E-state index is 0.0787. The third kappa shape index (κ3) is 5.13. The molecule has 2 heterocycles. The zero-order valence-electron chi connectivity index (χ0n) is 14.9. The van der Waals surface area contributed by atoms with Crippen LogP contribution in [0.4, 0.5) is 5.69 Å². The van der Waals surface area contributed by atoms with Crippen LogP contribution in [0.2, 0.25) is 0 Å². The van der Waals surface area contributed by atoms with Crippen LogP contribution in [0.15, 0.2) is 54.9 Å². The summed E-state index contributed by atoms with van der Waals surface area (Å²) in [5, 5.41) is 5.47. The Hall–Kier alpha value is -3.22. The van der Waals surface area contributed by atoms with E-state index in [4.69, 9.17) is 0 Å². The third-order valence-electron chi connectivity index (χ3n) is 4.51. The number of piperidine rings is 1. The van der Waals surface area contributed by atoms with Gasteiger partial charge in [-0.25, -0.2) is 0 Å². The molecule has 0 bridgehead atoms. The van der Waals surface area contributed by atoms with E-state index in [0.29, 0.717) is 24.3 Å². The van der Waals surface area contributed by atoms with Gasteiger partial charge in [-0.05, 0) is 37.1 Å². The zero-order valence-corrected chi connectivity index (χ0v) is 14.9. The maximum atomic E-state index is 12.4. The number of carbonyl (C=O) groups excluding carboxylic acids is 3. The molecule has 1 aliphatic rings. The molecular formula is C20H22N4O3. The molecule has 7 heteroatoms. The standard InChI is InChI=1S/C20H22N4O3/c25-18(13-22-19(26)15-6-2-1-3-7-15)24-11-5-8-16(14-24)20(27)23-17-9-4-10-21-12-17/h1-4,6-7,9-10,12,16H,5,8,11,13-14H2,(H,22,26)(H,23,27)/t16-/m1/s1. The molecule has 140 valence electrons. The van der Waals surface area contributed by atoms with E-state index in [-0.39, 0.29) is 30.2 Å². The van der Waals surface area contributed by atoms with Crippen molar-refractivity contribution in [1.29, 1.82) is 0 Å². The second-order valence-corrected chi connectivity index (χ2v) is 6.46. The Morgan fingerprint density at radius 3 is 2.67 bits per heavy atom. The first-order valence-corrected chi connectivity index (χ1v) is 8.95. The summed E-state index contributed by atoms with van der Waals surface area (Å²) in [5.74, 6) is -0.855. The quantitative estimate of drug-likeness (QED) is 0.842. The minimum atomic E-state index is -0.285. The Labute approximate surface area is 157 Å². The van der Waals surface area contributed by atoms with Gasteiger partial charge in [0.05, 0.1) is 24.3 Å². The lowest BCUT2D eigenvalue weighted by atomic mass is 9.97. The molecule has 3 amide bonds. The van der Waals surface area contributed by atoms with E-state index >= 15 is 0 Å². The van der Waals surface area contributed by atoms with Crippen molar-refractivity contribution in [3.05, 3.63) is 60.4 Å². The molecule has 1 aromatic heterocycles. The van der Waals surface area contributed by atoms with Crippen molar-refractivity contribution >= 4 is 23.4 Å². The summed E-state index contributed by atoms with van der Waals surface area (Å²) in [4.78, 5) is 42.5. The molecule has 1 aliphatic heterocycles. The molecule has 0 radical (unpaired) electrons. The topological polar surface area (TPSA) is 91.4 Å². The van der Waals surface area contributed by atoms with Crippen LogP contribution in [-0.2, 0) is 9.59 Å². The predicted molar refractivity (Wildman–Crippen MR) is 101 cm³/mol. The first-order valence-electron chi connectivity index (χ1n) is 8.95. The van der Waals surface area contributed by atoms with Gasteiger partial charge in [0.2, 0.25) is 11.8 Å². The van der Waals surface area contributed by atoms with Gasteiger partial charge >= 0.3 is 0 Å². The molecule has 1 atom stereocenters. The summed E-state index contributed by atoms with van der Waals surface area (Å²) in [7, 11) is 0. The van der Waals surface area contributed by atoms with E-state index in [0.717, 1.165) is 12.8 Å². The van der Waals surface area contributed by atoms with E-state index in [9.17, 15) is 14.4 Å². The number of hydrogen-bond acceptors (Lipinski definition) is 4. The Balaban J connectivity index is 1.50. The molecule has 27 heavy (non-hydrogen) atoms. The van der Waals surface area contributed by atoms with Crippen LogP contribution in [0.5, 0.6) is 0 Å². The number of likely N-dealkylation sites (tertiary alicyclic amines) is 1.